The Morgan fingerprint density at radius 3 is 2.76 bits per heavy atom. The highest BCUT2D eigenvalue weighted by Crippen LogP contribution is 2.27. The van der Waals surface area contributed by atoms with E-state index in [4.69, 9.17) is 4.74 Å². The molecule has 1 aliphatic rings. The van der Waals surface area contributed by atoms with Gasteiger partial charge in [-0.1, -0.05) is 18.2 Å². The van der Waals surface area contributed by atoms with Crippen LogP contribution in [0.3, 0.4) is 0 Å². The average Bonchev–Trinajstić information content (AvgIpc) is 3.06. The van der Waals surface area contributed by atoms with Gasteiger partial charge in [0.05, 0.1) is 19.1 Å². The summed E-state index contributed by atoms with van der Waals surface area (Å²) < 4.78 is 5.63. The quantitative estimate of drug-likeness (QED) is 0.654. The van der Waals surface area contributed by atoms with Crippen molar-refractivity contribution < 1.29 is 14.3 Å². The highest BCUT2D eigenvalue weighted by atomic mass is 35.5. The molecule has 2 atom stereocenters. The number of ether oxygens (including phenoxy) is 1. The fourth-order valence-electron chi connectivity index (χ4n) is 2.96. The molecule has 2 unspecified atom stereocenters. The van der Waals surface area contributed by atoms with E-state index in [1.54, 1.807) is 0 Å². The van der Waals surface area contributed by atoms with Gasteiger partial charge in [0.1, 0.15) is 5.75 Å². The molecule has 2 rings (SSSR count). The van der Waals surface area contributed by atoms with E-state index in [0.29, 0.717) is 24.9 Å². The number of amides is 2. The van der Waals surface area contributed by atoms with Crippen molar-refractivity contribution in [3.05, 3.63) is 29.8 Å². The molecule has 140 valence electrons. The van der Waals surface area contributed by atoms with Crippen LogP contribution in [-0.2, 0) is 9.59 Å². The van der Waals surface area contributed by atoms with E-state index in [2.05, 4.69) is 16.0 Å². The van der Waals surface area contributed by atoms with E-state index in [1.807, 2.05) is 31.2 Å². The van der Waals surface area contributed by atoms with Crippen molar-refractivity contribution >= 4 is 24.2 Å². The molecule has 0 aliphatic carbocycles. The summed E-state index contributed by atoms with van der Waals surface area (Å²) in [4.78, 5) is 23.9. The normalized spacial score (nSPS) is 17.3. The summed E-state index contributed by atoms with van der Waals surface area (Å²) in [5, 5.41) is 9.16. The van der Waals surface area contributed by atoms with Crippen molar-refractivity contribution in [2.24, 2.45) is 0 Å². The molecule has 1 aliphatic heterocycles. The van der Waals surface area contributed by atoms with E-state index in [-0.39, 0.29) is 30.6 Å². The van der Waals surface area contributed by atoms with Crippen molar-refractivity contribution in [3.8, 4) is 5.75 Å². The van der Waals surface area contributed by atoms with Crippen LogP contribution in [0.4, 0.5) is 0 Å². The fourth-order valence-corrected chi connectivity index (χ4v) is 2.96. The number of para-hydroxylation sites is 1. The molecule has 6 nitrogen and oxygen atoms in total. The van der Waals surface area contributed by atoms with Crippen molar-refractivity contribution in [2.75, 3.05) is 19.7 Å². The van der Waals surface area contributed by atoms with E-state index >= 15 is 0 Å². The Hall–Kier alpha value is -1.79. The average molecular weight is 370 g/mol. The molecule has 1 aromatic rings. The summed E-state index contributed by atoms with van der Waals surface area (Å²) >= 11 is 0. The Bertz CT molecular complexity index is 562. The highest BCUT2D eigenvalue weighted by Gasteiger charge is 2.21. The number of hydrogen-bond acceptors (Lipinski definition) is 4. The van der Waals surface area contributed by atoms with Crippen LogP contribution in [0.5, 0.6) is 5.75 Å². The maximum absolute atomic E-state index is 12.3. The molecule has 0 radical (unpaired) electrons. The summed E-state index contributed by atoms with van der Waals surface area (Å²) in [5.41, 5.74) is 0.823. The van der Waals surface area contributed by atoms with Gasteiger partial charge in [-0.3, -0.25) is 9.59 Å². The Kier molecular flexibility index (Phi) is 9.31. The first-order valence-electron chi connectivity index (χ1n) is 8.59. The van der Waals surface area contributed by atoms with Gasteiger partial charge in [0.15, 0.2) is 0 Å². The lowest BCUT2D eigenvalue weighted by Crippen LogP contribution is -2.39. The second-order valence-electron chi connectivity index (χ2n) is 6.03. The van der Waals surface area contributed by atoms with E-state index in [9.17, 15) is 9.59 Å². The lowest BCUT2D eigenvalue weighted by atomic mass is 10.0. The predicted octanol–water partition coefficient (Wildman–Crippen LogP) is 1.94. The number of carbonyl (C=O) groups excluding carboxylic acids is 2. The Labute approximate surface area is 155 Å². The summed E-state index contributed by atoms with van der Waals surface area (Å²) in [5.74, 6) is 0.453. The second kappa shape index (κ2) is 10.9. The predicted molar refractivity (Wildman–Crippen MR) is 100 cm³/mol. The van der Waals surface area contributed by atoms with E-state index in [1.165, 1.54) is 6.92 Å². The monoisotopic (exact) mass is 369 g/mol. The van der Waals surface area contributed by atoms with Gasteiger partial charge in [-0.25, -0.2) is 0 Å². The number of hydrogen-bond donors (Lipinski definition) is 3. The number of carbonyl (C=O) groups is 2. The minimum atomic E-state index is -0.401. The number of halogens is 1. The van der Waals surface area contributed by atoms with Crippen LogP contribution in [-0.4, -0.2) is 37.6 Å². The zero-order valence-electron chi connectivity index (χ0n) is 14.8. The smallest absolute Gasteiger partial charge is 0.222 e. The molecular weight excluding hydrogens is 342 g/mol. The van der Waals surface area contributed by atoms with Crippen LogP contribution >= 0.6 is 12.4 Å². The third-order valence-corrected chi connectivity index (χ3v) is 4.07. The second-order valence-corrected chi connectivity index (χ2v) is 6.03. The Morgan fingerprint density at radius 2 is 2.12 bits per heavy atom. The van der Waals surface area contributed by atoms with Crippen LogP contribution in [0.1, 0.15) is 44.7 Å². The molecule has 1 aromatic carbocycles. The van der Waals surface area contributed by atoms with Gasteiger partial charge in [-0.15, -0.1) is 12.4 Å². The summed E-state index contributed by atoms with van der Waals surface area (Å²) in [7, 11) is 0. The van der Waals surface area contributed by atoms with Gasteiger partial charge in [-0.05, 0) is 32.4 Å². The lowest BCUT2D eigenvalue weighted by molar-refractivity contribution is -0.122. The molecule has 0 saturated carbocycles. The standard InChI is InChI=1S/C18H27N3O3.ClH/c1-3-24-17-9-5-4-8-15(17)16(21-13(2)22)11-18(23)20-12-14-7-6-10-19-14;/h4-5,8-9,14,16,19H,3,6-7,10-12H2,1-2H3,(H,20,23)(H,21,22);1H. The number of rotatable bonds is 8. The van der Waals surface area contributed by atoms with Crippen molar-refractivity contribution in [1.29, 1.82) is 0 Å². The van der Waals surface area contributed by atoms with Crippen LogP contribution in [0.2, 0.25) is 0 Å². The van der Waals surface area contributed by atoms with Gasteiger partial charge in [0.25, 0.3) is 0 Å². The Balaban J connectivity index is 0.00000312. The van der Waals surface area contributed by atoms with E-state index in [0.717, 1.165) is 24.9 Å². The summed E-state index contributed by atoms with van der Waals surface area (Å²) in [6.07, 6.45) is 2.43. The van der Waals surface area contributed by atoms with Gasteiger partial charge >= 0.3 is 0 Å². The third-order valence-electron chi connectivity index (χ3n) is 4.07. The van der Waals surface area contributed by atoms with Crippen molar-refractivity contribution in [1.82, 2.24) is 16.0 Å². The first kappa shape index (κ1) is 21.3. The zero-order chi connectivity index (χ0) is 17.4. The molecule has 3 N–H and O–H groups in total. The van der Waals surface area contributed by atoms with Gasteiger partial charge in [-0.2, -0.15) is 0 Å². The highest BCUT2D eigenvalue weighted by molar-refractivity contribution is 5.85. The molecule has 0 aromatic heterocycles. The van der Waals surface area contributed by atoms with Gasteiger partial charge in [0, 0.05) is 25.1 Å². The lowest BCUT2D eigenvalue weighted by Gasteiger charge is -2.21. The topological polar surface area (TPSA) is 79.5 Å². The van der Waals surface area contributed by atoms with Crippen molar-refractivity contribution in [3.63, 3.8) is 0 Å². The molecule has 1 fully saturated rings. The van der Waals surface area contributed by atoms with Crippen molar-refractivity contribution in [2.45, 2.75) is 45.2 Å². The number of benzene rings is 1. The summed E-state index contributed by atoms with van der Waals surface area (Å²) in [6.45, 7) is 5.53. The van der Waals surface area contributed by atoms with Gasteiger partial charge < -0.3 is 20.7 Å². The molecule has 25 heavy (non-hydrogen) atoms. The van der Waals surface area contributed by atoms with Crippen LogP contribution in [0.15, 0.2) is 24.3 Å². The molecule has 7 heteroatoms. The molecular formula is C18H28ClN3O3. The number of nitrogens with one attached hydrogen (secondary N) is 3. The van der Waals surface area contributed by atoms with Crippen LogP contribution in [0.25, 0.3) is 0 Å². The first-order chi connectivity index (χ1) is 11.6. The maximum atomic E-state index is 12.3. The summed E-state index contributed by atoms with van der Waals surface area (Å²) in [6, 6.07) is 7.45. The minimum absolute atomic E-state index is 0. The minimum Gasteiger partial charge on any atom is -0.494 e. The molecule has 1 heterocycles. The van der Waals surface area contributed by atoms with Crippen LogP contribution in [0, 0.1) is 0 Å². The van der Waals surface area contributed by atoms with E-state index < -0.39 is 6.04 Å². The fraction of sp³-hybridized carbons (Fsp3) is 0.556. The molecule has 2 amide bonds. The molecule has 0 bridgehead atoms. The largest absolute Gasteiger partial charge is 0.494 e. The molecule has 1 saturated heterocycles. The Morgan fingerprint density at radius 1 is 1.36 bits per heavy atom. The van der Waals surface area contributed by atoms with Gasteiger partial charge in [0.2, 0.25) is 11.8 Å². The third kappa shape index (κ3) is 6.92. The zero-order valence-corrected chi connectivity index (χ0v) is 15.7. The molecule has 0 spiro atoms. The maximum Gasteiger partial charge on any atom is 0.222 e. The first-order valence-corrected chi connectivity index (χ1v) is 8.59. The van der Waals surface area contributed by atoms with Crippen LogP contribution < -0.4 is 20.7 Å². The SMILES string of the molecule is CCOc1ccccc1C(CC(=O)NCC1CCCN1)NC(C)=O.Cl.